The fraction of sp³-hybridized carbons (Fsp3) is 0.267. The number of thiophene rings is 1. The van der Waals surface area contributed by atoms with Crippen molar-refractivity contribution in [3.8, 4) is 0 Å². The molecule has 3 heteroatoms. The average Bonchev–Trinajstić information content (AvgIpc) is 3.13. The molecular formula is C15H16N2S. The Bertz CT molecular complexity index is 515. The van der Waals surface area contributed by atoms with Crippen LogP contribution in [0.5, 0.6) is 0 Å². The lowest BCUT2D eigenvalue weighted by molar-refractivity contribution is 0.402. The maximum absolute atomic E-state index is 8.39. The monoisotopic (exact) mass is 256 g/mol. The van der Waals surface area contributed by atoms with Gasteiger partial charge in [0, 0.05) is 18.2 Å². The van der Waals surface area contributed by atoms with E-state index in [1.54, 1.807) is 11.3 Å². The first-order chi connectivity index (χ1) is 8.84. The number of benzene rings is 1. The molecule has 1 aliphatic rings. The first-order valence-electron chi connectivity index (χ1n) is 6.26. The zero-order valence-electron chi connectivity index (χ0n) is 10.2. The van der Waals surface area contributed by atoms with Gasteiger partial charge in [0.2, 0.25) is 0 Å². The van der Waals surface area contributed by atoms with Gasteiger partial charge in [-0.1, -0.05) is 30.3 Å². The standard InChI is InChI=1S/C15H16N2S/c16-15(13-4-2-1-3-5-13)17(14-6-7-14)10-12-8-9-18-11-12/h1-5,8-9,11,14,16H,6-7,10H2. The number of amidine groups is 1. The molecule has 0 aliphatic heterocycles. The molecule has 0 unspecified atom stereocenters. The van der Waals surface area contributed by atoms with Crippen molar-refractivity contribution in [1.82, 2.24) is 4.90 Å². The molecule has 92 valence electrons. The van der Waals surface area contributed by atoms with Crippen LogP contribution in [0, 0.1) is 5.41 Å². The van der Waals surface area contributed by atoms with Gasteiger partial charge in [-0.05, 0) is 35.2 Å². The number of nitrogens with zero attached hydrogens (tertiary/aromatic N) is 1. The summed E-state index contributed by atoms with van der Waals surface area (Å²) >= 11 is 1.72. The second-order valence-corrected chi connectivity index (χ2v) is 5.49. The molecule has 0 bridgehead atoms. The molecule has 3 rings (SSSR count). The van der Waals surface area contributed by atoms with Crippen molar-refractivity contribution in [3.63, 3.8) is 0 Å². The first kappa shape index (κ1) is 11.5. The van der Waals surface area contributed by atoms with Crippen molar-refractivity contribution in [2.24, 2.45) is 0 Å². The summed E-state index contributed by atoms with van der Waals surface area (Å²) in [6.07, 6.45) is 2.44. The maximum Gasteiger partial charge on any atom is 0.128 e. The molecule has 1 aromatic heterocycles. The van der Waals surface area contributed by atoms with Gasteiger partial charge in [0.25, 0.3) is 0 Å². The third-order valence-electron chi connectivity index (χ3n) is 3.26. The molecule has 18 heavy (non-hydrogen) atoms. The molecule has 1 heterocycles. The van der Waals surface area contributed by atoms with E-state index in [4.69, 9.17) is 5.41 Å². The number of rotatable bonds is 4. The predicted molar refractivity (Wildman–Crippen MR) is 76.2 cm³/mol. The molecule has 0 atom stereocenters. The van der Waals surface area contributed by atoms with Gasteiger partial charge in [-0.15, -0.1) is 0 Å². The summed E-state index contributed by atoms with van der Waals surface area (Å²) in [7, 11) is 0. The Morgan fingerprint density at radius 3 is 2.61 bits per heavy atom. The van der Waals surface area contributed by atoms with Crippen molar-refractivity contribution in [3.05, 3.63) is 58.3 Å². The Labute approximate surface area is 111 Å². The summed E-state index contributed by atoms with van der Waals surface area (Å²) < 4.78 is 0. The van der Waals surface area contributed by atoms with E-state index in [0.717, 1.165) is 12.1 Å². The molecule has 0 radical (unpaired) electrons. The normalized spacial score (nSPS) is 14.4. The number of hydrogen-bond donors (Lipinski definition) is 1. The van der Waals surface area contributed by atoms with Crippen LogP contribution in [0.15, 0.2) is 47.2 Å². The quantitative estimate of drug-likeness (QED) is 0.655. The van der Waals surface area contributed by atoms with Crippen molar-refractivity contribution in [1.29, 1.82) is 5.41 Å². The lowest BCUT2D eigenvalue weighted by Crippen LogP contribution is -2.32. The van der Waals surface area contributed by atoms with Crippen LogP contribution < -0.4 is 0 Å². The van der Waals surface area contributed by atoms with Crippen LogP contribution in [0.25, 0.3) is 0 Å². The molecule has 1 fully saturated rings. The van der Waals surface area contributed by atoms with Crippen LogP contribution in [0.3, 0.4) is 0 Å². The van der Waals surface area contributed by atoms with Crippen LogP contribution in [-0.4, -0.2) is 16.8 Å². The largest absolute Gasteiger partial charge is 0.349 e. The van der Waals surface area contributed by atoms with Crippen molar-refractivity contribution in [2.45, 2.75) is 25.4 Å². The molecule has 0 saturated heterocycles. The molecule has 2 aromatic rings. The minimum Gasteiger partial charge on any atom is -0.349 e. The number of nitrogens with one attached hydrogen (secondary N) is 1. The van der Waals surface area contributed by atoms with Crippen LogP contribution >= 0.6 is 11.3 Å². The Hall–Kier alpha value is -1.61. The van der Waals surface area contributed by atoms with Gasteiger partial charge in [-0.3, -0.25) is 5.41 Å². The summed E-state index contributed by atoms with van der Waals surface area (Å²) in [6.45, 7) is 0.863. The molecule has 1 aromatic carbocycles. The van der Waals surface area contributed by atoms with Crippen molar-refractivity contribution < 1.29 is 0 Å². The predicted octanol–water partition coefficient (Wildman–Crippen LogP) is 3.74. The van der Waals surface area contributed by atoms with Crippen LogP contribution in [0.2, 0.25) is 0 Å². The molecule has 0 spiro atoms. The summed E-state index contributed by atoms with van der Waals surface area (Å²) in [5, 5.41) is 12.7. The molecule has 1 aliphatic carbocycles. The van der Waals surface area contributed by atoms with Gasteiger partial charge < -0.3 is 4.90 Å². The second kappa shape index (κ2) is 4.94. The third-order valence-corrected chi connectivity index (χ3v) is 3.99. The van der Waals surface area contributed by atoms with E-state index in [2.05, 4.69) is 21.7 Å². The van der Waals surface area contributed by atoms with E-state index in [9.17, 15) is 0 Å². The van der Waals surface area contributed by atoms with E-state index >= 15 is 0 Å². The van der Waals surface area contributed by atoms with E-state index in [1.807, 2.05) is 30.3 Å². The third kappa shape index (κ3) is 2.46. The van der Waals surface area contributed by atoms with E-state index in [1.165, 1.54) is 18.4 Å². The van der Waals surface area contributed by atoms with Gasteiger partial charge in [0.1, 0.15) is 5.84 Å². The Morgan fingerprint density at radius 1 is 1.22 bits per heavy atom. The summed E-state index contributed by atoms with van der Waals surface area (Å²) in [5.74, 6) is 0.657. The lowest BCUT2D eigenvalue weighted by Gasteiger charge is -2.24. The topological polar surface area (TPSA) is 27.1 Å². The van der Waals surface area contributed by atoms with Gasteiger partial charge >= 0.3 is 0 Å². The van der Waals surface area contributed by atoms with Crippen molar-refractivity contribution >= 4 is 17.2 Å². The van der Waals surface area contributed by atoms with Crippen molar-refractivity contribution in [2.75, 3.05) is 0 Å². The second-order valence-electron chi connectivity index (χ2n) is 4.71. The van der Waals surface area contributed by atoms with E-state index in [0.29, 0.717) is 11.9 Å². The Morgan fingerprint density at radius 2 is 2.00 bits per heavy atom. The van der Waals surface area contributed by atoms with Crippen LogP contribution in [-0.2, 0) is 6.54 Å². The molecule has 2 nitrogen and oxygen atoms in total. The lowest BCUT2D eigenvalue weighted by atomic mass is 10.1. The van der Waals surface area contributed by atoms with Crippen LogP contribution in [0.4, 0.5) is 0 Å². The molecular weight excluding hydrogens is 240 g/mol. The molecule has 0 amide bonds. The highest BCUT2D eigenvalue weighted by Gasteiger charge is 2.31. The Balaban J connectivity index is 1.80. The Kier molecular flexibility index (Phi) is 3.15. The SMILES string of the molecule is N=C(c1ccccc1)N(Cc1ccsc1)C1CC1. The molecule has 1 saturated carbocycles. The highest BCUT2D eigenvalue weighted by Crippen LogP contribution is 2.30. The van der Waals surface area contributed by atoms with E-state index < -0.39 is 0 Å². The summed E-state index contributed by atoms with van der Waals surface area (Å²) in [4.78, 5) is 2.23. The minimum atomic E-state index is 0.567. The highest BCUT2D eigenvalue weighted by molar-refractivity contribution is 7.07. The fourth-order valence-electron chi connectivity index (χ4n) is 2.12. The minimum absolute atomic E-state index is 0.567. The average molecular weight is 256 g/mol. The van der Waals surface area contributed by atoms with Gasteiger partial charge in [-0.2, -0.15) is 11.3 Å². The van der Waals surface area contributed by atoms with Gasteiger partial charge in [0.15, 0.2) is 0 Å². The molecule has 1 N–H and O–H groups in total. The number of hydrogen-bond acceptors (Lipinski definition) is 2. The van der Waals surface area contributed by atoms with E-state index in [-0.39, 0.29) is 0 Å². The van der Waals surface area contributed by atoms with Gasteiger partial charge in [0.05, 0.1) is 0 Å². The first-order valence-corrected chi connectivity index (χ1v) is 7.20. The summed E-state index contributed by atoms with van der Waals surface area (Å²) in [5.41, 5.74) is 2.33. The smallest absolute Gasteiger partial charge is 0.128 e. The highest BCUT2D eigenvalue weighted by atomic mass is 32.1. The zero-order chi connectivity index (χ0) is 12.4. The zero-order valence-corrected chi connectivity index (χ0v) is 11.0. The van der Waals surface area contributed by atoms with Crippen LogP contribution in [0.1, 0.15) is 24.0 Å². The maximum atomic E-state index is 8.39. The fourth-order valence-corrected chi connectivity index (χ4v) is 2.78. The summed E-state index contributed by atoms with van der Waals surface area (Å²) in [6, 6.07) is 12.8. The van der Waals surface area contributed by atoms with Gasteiger partial charge in [-0.25, -0.2) is 0 Å².